The summed E-state index contributed by atoms with van der Waals surface area (Å²) < 4.78 is 7.11. The lowest BCUT2D eigenvalue weighted by Gasteiger charge is -2.18. The number of methoxy groups -OCH3 is 1. The molecule has 4 amide bonds. The molecule has 0 aliphatic heterocycles. The average molecular weight is 922 g/mol. The zero-order valence-electron chi connectivity index (χ0n) is 35.0. The number of aromatic nitrogens is 4. The molecule has 0 unspecified atom stereocenters. The highest BCUT2D eigenvalue weighted by atomic mass is 32.2. The van der Waals surface area contributed by atoms with Gasteiger partial charge in [0.05, 0.1) is 39.3 Å². The first-order chi connectivity index (χ1) is 30.6. The number of hydrogen-bond donors (Lipinski definition) is 4. The Kier molecular flexibility index (Phi) is 15.8. The number of Topliss-reactive ketones (excluding diaryl/α,β-unsaturated/α-hetero) is 2. The SMILES string of the molecule is CN(C)c1ccc(NC(=O)Nc2ncc(Sc3ccccn3)s2)c(C(=O)C2CCCC2)c1.COc1ccc(NC(=O)Nc2ncc(Sc3ccccn3)s2)c(C(=O)C2CCCC2)c1. The molecule has 2 aromatic carbocycles. The second kappa shape index (κ2) is 22.0. The number of benzene rings is 2. The van der Waals surface area contributed by atoms with Crippen LogP contribution in [0.5, 0.6) is 5.75 Å². The van der Waals surface area contributed by atoms with Crippen LogP contribution in [0.25, 0.3) is 0 Å². The molecule has 6 aromatic rings. The van der Waals surface area contributed by atoms with Crippen LogP contribution < -0.4 is 30.9 Å². The number of carbonyl (C=O) groups excluding carboxylic acids is 4. The lowest BCUT2D eigenvalue weighted by molar-refractivity contribution is 0.0916. The summed E-state index contributed by atoms with van der Waals surface area (Å²) in [4.78, 5) is 70.4. The Morgan fingerprint density at radius 2 is 1.10 bits per heavy atom. The van der Waals surface area contributed by atoms with Crippen molar-refractivity contribution in [1.82, 2.24) is 19.9 Å². The number of hydrogen-bond acceptors (Lipinski definition) is 14. The predicted molar refractivity (Wildman–Crippen MR) is 253 cm³/mol. The van der Waals surface area contributed by atoms with Gasteiger partial charge in [-0.25, -0.2) is 29.5 Å². The number of carbonyl (C=O) groups is 4. The Morgan fingerprint density at radius 1 is 0.619 bits per heavy atom. The van der Waals surface area contributed by atoms with E-state index in [1.54, 1.807) is 56.2 Å². The van der Waals surface area contributed by atoms with Crippen molar-refractivity contribution in [2.24, 2.45) is 11.8 Å². The molecule has 0 radical (unpaired) electrons. The smallest absolute Gasteiger partial charge is 0.325 e. The van der Waals surface area contributed by atoms with Crippen molar-refractivity contribution >= 4 is 97.2 Å². The number of nitrogens with zero attached hydrogens (tertiary/aromatic N) is 5. The van der Waals surface area contributed by atoms with Crippen molar-refractivity contribution in [1.29, 1.82) is 0 Å². The van der Waals surface area contributed by atoms with Gasteiger partial charge in [0.15, 0.2) is 21.8 Å². The molecule has 63 heavy (non-hydrogen) atoms. The normalized spacial score (nSPS) is 13.7. The first-order valence-electron chi connectivity index (χ1n) is 20.4. The maximum absolute atomic E-state index is 13.2. The molecule has 0 bridgehead atoms. The Labute approximate surface area is 382 Å². The van der Waals surface area contributed by atoms with E-state index in [1.165, 1.54) is 46.2 Å². The van der Waals surface area contributed by atoms with E-state index in [0.29, 0.717) is 38.5 Å². The van der Waals surface area contributed by atoms with Gasteiger partial charge in [0, 0.05) is 55.1 Å². The van der Waals surface area contributed by atoms with Crippen LogP contribution in [-0.4, -0.2) is 64.8 Å². The summed E-state index contributed by atoms with van der Waals surface area (Å²) in [6, 6.07) is 21.2. The van der Waals surface area contributed by atoms with Crippen molar-refractivity contribution in [3.05, 3.63) is 109 Å². The highest BCUT2D eigenvalue weighted by Gasteiger charge is 2.28. The van der Waals surface area contributed by atoms with Crippen LogP contribution >= 0.6 is 46.2 Å². The average Bonchev–Trinajstić information content (AvgIpc) is 4.15. The van der Waals surface area contributed by atoms with Gasteiger partial charge in [0.25, 0.3) is 0 Å². The van der Waals surface area contributed by atoms with E-state index >= 15 is 0 Å². The van der Waals surface area contributed by atoms with Gasteiger partial charge in [-0.15, -0.1) is 0 Å². The Balaban J connectivity index is 0.000000189. The van der Waals surface area contributed by atoms with E-state index in [9.17, 15) is 19.2 Å². The molecule has 0 atom stereocenters. The molecule has 2 aliphatic rings. The van der Waals surface area contributed by atoms with Crippen molar-refractivity contribution in [2.45, 2.75) is 69.8 Å². The summed E-state index contributed by atoms with van der Waals surface area (Å²) in [5.41, 5.74) is 2.95. The lowest BCUT2D eigenvalue weighted by Crippen LogP contribution is -2.22. The van der Waals surface area contributed by atoms with Gasteiger partial charge < -0.3 is 20.3 Å². The minimum Gasteiger partial charge on any atom is -0.497 e. The van der Waals surface area contributed by atoms with Crippen LogP contribution in [0.3, 0.4) is 0 Å². The third-order valence-electron chi connectivity index (χ3n) is 10.3. The quantitative estimate of drug-likeness (QED) is 0.0761. The third-order valence-corrected chi connectivity index (χ3v) is 14.3. The van der Waals surface area contributed by atoms with E-state index in [1.807, 2.05) is 67.5 Å². The van der Waals surface area contributed by atoms with Gasteiger partial charge in [-0.05, 0) is 86.3 Å². The van der Waals surface area contributed by atoms with Crippen LogP contribution in [0.1, 0.15) is 72.1 Å². The molecule has 14 nitrogen and oxygen atoms in total. The monoisotopic (exact) mass is 921 g/mol. The van der Waals surface area contributed by atoms with E-state index in [2.05, 4.69) is 41.2 Å². The fourth-order valence-corrected chi connectivity index (χ4v) is 10.7. The third kappa shape index (κ3) is 12.6. The number of ketones is 2. The van der Waals surface area contributed by atoms with Gasteiger partial charge in [0.2, 0.25) is 0 Å². The second-order valence-electron chi connectivity index (χ2n) is 14.9. The molecule has 4 aromatic heterocycles. The minimum atomic E-state index is -0.450. The Hall–Kier alpha value is -5.82. The van der Waals surface area contributed by atoms with Gasteiger partial charge in [-0.1, -0.05) is 84.0 Å². The topological polar surface area (TPSA) is 180 Å². The summed E-state index contributed by atoms with van der Waals surface area (Å²) in [7, 11) is 5.42. The van der Waals surface area contributed by atoms with Crippen molar-refractivity contribution in [3.63, 3.8) is 0 Å². The highest BCUT2D eigenvalue weighted by Crippen LogP contribution is 2.36. The summed E-state index contributed by atoms with van der Waals surface area (Å²) in [6.45, 7) is 0. The number of nitrogens with one attached hydrogen (secondary N) is 4. The largest absolute Gasteiger partial charge is 0.497 e. The van der Waals surface area contributed by atoms with Crippen LogP contribution in [0, 0.1) is 11.8 Å². The Bertz CT molecular complexity index is 2510. The summed E-state index contributed by atoms with van der Waals surface area (Å²) in [5, 5.41) is 13.8. The van der Waals surface area contributed by atoms with Gasteiger partial charge >= 0.3 is 12.1 Å². The molecule has 4 N–H and O–H groups in total. The fraction of sp³-hybridized carbons (Fsp3) is 0.289. The molecule has 0 saturated heterocycles. The standard InChI is InChI=1S/C23H25N5O2S2.C22H22N4O3S2/c1-28(2)16-10-11-18(17(13-16)21(29)15-7-3-4-8-15)26-22(30)27-23-25-14-20(32-23)31-19-9-5-6-12-24-19;1-29-15-9-10-17(16(12-15)20(27)14-6-2-3-7-14)25-21(28)26-22-24-13-19(31-22)30-18-8-4-5-11-23-18/h5-6,9-15H,3-4,7-8H2,1-2H3,(H2,25,26,27,30);4-5,8-14H,2-3,6-7H2,1H3,(H2,24,25,26,28). The summed E-state index contributed by atoms with van der Waals surface area (Å²) in [5.74, 6) is 0.769. The van der Waals surface area contributed by atoms with Crippen LogP contribution in [-0.2, 0) is 0 Å². The number of ether oxygens (including phenoxy) is 1. The fourth-order valence-electron chi connectivity index (χ4n) is 7.15. The zero-order valence-corrected chi connectivity index (χ0v) is 38.2. The van der Waals surface area contributed by atoms with Crippen molar-refractivity contribution in [3.8, 4) is 5.75 Å². The van der Waals surface area contributed by atoms with E-state index in [-0.39, 0.29) is 23.4 Å². The first-order valence-corrected chi connectivity index (χ1v) is 23.7. The summed E-state index contributed by atoms with van der Waals surface area (Å²) >= 11 is 5.69. The van der Waals surface area contributed by atoms with Crippen LogP contribution in [0.4, 0.5) is 36.9 Å². The number of pyridine rings is 2. The van der Waals surface area contributed by atoms with Crippen LogP contribution in [0.15, 0.2) is 116 Å². The molecule has 2 fully saturated rings. The molecule has 18 heteroatoms. The minimum absolute atomic E-state index is 0.000795. The maximum atomic E-state index is 13.2. The van der Waals surface area contributed by atoms with Gasteiger partial charge in [-0.3, -0.25) is 20.2 Å². The van der Waals surface area contributed by atoms with Gasteiger partial charge in [0.1, 0.15) is 15.8 Å². The number of thiazole rings is 2. The maximum Gasteiger partial charge on any atom is 0.325 e. The number of anilines is 5. The van der Waals surface area contributed by atoms with Crippen molar-refractivity contribution in [2.75, 3.05) is 47.4 Å². The molecule has 2 saturated carbocycles. The molecule has 2 aliphatic carbocycles. The van der Waals surface area contributed by atoms with Crippen molar-refractivity contribution < 1.29 is 23.9 Å². The number of rotatable bonds is 14. The molecule has 0 spiro atoms. The molecule has 8 rings (SSSR count). The first kappa shape index (κ1) is 45.2. The van der Waals surface area contributed by atoms with Gasteiger partial charge in [-0.2, -0.15) is 0 Å². The molecule has 4 heterocycles. The van der Waals surface area contributed by atoms with Crippen LogP contribution in [0.2, 0.25) is 0 Å². The zero-order chi connectivity index (χ0) is 44.1. The highest BCUT2D eigenvalue weighted by molar-refractivity contribution is 8.01. The van der Waals surface area contributed by atoms with E-state index < -0.39 is 12.1 Å². The Morgan fingerprint density at radius 3 is 1.54 bits per heavy atom. The lowest BCUT2D eigenvalue weighted by atomic mass is 9.94. The second-order valence-corrected chi connectivity index (χ2v) is 19.6. The number of amides is 4. The predicted octanol–water partition coefficient (Wildman–Crippen LogP) is 11.5. The molecular weight excluding hydrogens is 875 g/mol. The van der Waals surface area contributed by atoms with E-state index in [4.69, 9.17) is 4.74 Å². The summed E-state index contributed by atoms with van der Waals surface area (Å²) in [6.07, 6.45) is 14.7. The number of urea groups is 2. The molecular formula is C45H47N9O5S4. The molecule has 326 valence electrons. The van der Waals surface area contributed by atoms with E-state index in [0.717, 1.165) is 75.5 Å².